The van der Waals surface area contributed by atoms with E-state index in [1.54, 1.807) is 4.90 Å². The van der Waals surface area contributed by atoms with Crippen molar-refractivity contribution in [3.8, 4) is 0 Å². The SMILES string of the molecule is CN(C)C(=N)[Se].O=S([O-])([O-])=S.[Na+].[Na+]. The van der Waals surface area contributed by atoms with Gasteiger partial charge in [-0.25, -0.2) is 0 Å². The van der Waals surface area contributed by atoms with Crippen LogP contribution in [0.15, 0.2) is 0 Å². The van der Waals surface area contributed by atoms with Crippen molar-refractivity contribution < 1.29 is 72.4 Å². The van der Waals surface area contributed by atoms with Crippen LogP contribution < -0.4 is 59.1 Å². The van der Waals surface area contributed by atoms with Crippen LogP contribution in [0.5, 0.6) is 0 Å². The van der Waals surface area contributed by atoms with Gasteiger partial charge < -0.3 is 9.11 Å². The molecule has 0 bridgehead atoms. The van der Waals surface area contributed by atoms with Crippen molar-refractivity contribution in [1.29, 1.82) is 5.41 Å². The third-order valence-electron chi connectivity index (χ3n) is 0.406. The molecule has 67 valence electrons. The monoisotopic (exact) mass is 309 g/mol. The molecule has 0 aliphatic heterocycles. The Kier molecular flexibility index (Phi) is 23.3. The minimum Gasteiger partial charge on any atom is -0.780 e. The molecule has 0 amide bonds. The van der Waals surface area contributed by atoms with Gasteiger partial charge in [-0.05, 0) is 11.2 Å². The molecule has 0 aromatic heterocycles. The van der Waals surface area contributed by atoms with Gasteiger partial charge in [0.1, 0.15) is 0 Å². The summed E-state index contributed by atoms with van der Waals surface area (Å²) in [6.07, 6.45) is 0. The van der Waals surface area contributed by atoms with Crippen molar-refractivity contribution in [1.82, 2.24) is 4.90 Å². The van der Waals surface area contributed by atoms with E-state index in [1.165, 1.54) is 0 Å². The van der Waals surface area contributed by atoms with E-state index in [0.717, 1.165) is 0 Å². The second-order valence-electron chi connectivity index (χ2n) is 1.61. The molecule has 0 saturated carbocycles. The maximum Gasteiger partial charge on any atom is 1.00 e. The first-order valence-electron chi connectivity index (χ1n) is 2.24. The third-order valence-corrected chi connectivity index (χ3v) is 1.17. The molecule has 13 heavy (non-hydrogen) atoms. The first-order valence-corrected chi connectivity index (χ1v) is 5.43. The predicted molar refractivity (Wildman–Crippen MR) is 44.2 cm³/mol. The molecule has 0 aliphatic carbocycles. The molecule has 1 N–H and O–H groups in total. The number of amidine groups is 1. The van der Waals surface area contributed by atoms with E-state index >= 15 is 0 Å². The average molecular weight is 308 g/mol. The Morgan fingerprint density at radius 3 is 1.54 bits per heavy atom. The quantitative estimate of drug-likeness (QED) is 0.273. The molecule has 1 radical (unpaired) electrons. The van der Waals surface area contributed by atoms with E-state index in [2.05, 4.69) is 27.2 Å². The van der Waals surface area contributed by atoms with Gasteiger partial charge in [0.2, 0.25) is 0 Å². The van der Waals surface area contributed by atoms with Gasteiger partial charge >= 0.3 is 104 Å². The maximum absolute atomic E-state index is 8.89. The second kappa shape index (κ2) is 12.3. The molecule has 0 aromatic rings. The summed E-state index contributed by atoms with van der Waals surface area (Å²) in [5.74, 6) is 0. The molecule has 0 rings (SSSR count). The Balaban J connectivity index is -0.0000000546. The molecule has 10 heteroatoms. The molecular formula is C3H7N2Na2O3S2Se. The third kappa shape index (κ3) is 54.6. The molecule has 0 saturated heterocycles. The summed E-state index contributed by atoms with van der Waals surface area (Å²) in [5, 5.41) is 6.82. The molecule has 0 spiro atoms. The van der Waals surface area contributed by atoms with Crippen molar-refractivity contribution in [3.63, 3.8) is 0 Å². The van der Waals surface area contributed by atoms with Crippen molar-refractivity contribution in [2.75, 3.05) is 14.1 Å². The van der Waals surface area contributed by atoms with E-state index in [4.69, 9.17) is 18.7 Å². The zero-order chi connectivity index (χ0) is 9.65. The molecular weight excluding hydrogens is 301 g/mol. The van der Waals surface area contributed by atoms with Crippen LogP contribution in [-0.4, -0.2) is 53.1 Å². The molecule has 0 aliphatic rings. The summed E-state index contributed by atoms with van der Waals surface area (Å²) in [5.41, 5.74) is 0. The summed E-state index contributed by atoms with van der Waals surface area (Å²) in [6.45, 7) is 0. The largest absolute Gasteiger partial charge is 1.00 e. The molecule has 0 unspecified atom stereocenters. The molecule has 0 heterocycles. The Morgan fingerprint density at radius 1 is 1.46 bits per heavy atom. The summed E-state index contributed by atoms with van der Waals surface area (Å²) in [6, 6.07) is 0. The van der Waals surface area contributed by atoms with Crippen LogP contribution in [0.1, 0.15) is 0 Å². The van der Waals surface area contributed by atoms with Crippen LogP contribution in [0, 0.1) is 5.41 Å². The van der Waals surface area contributed by atoms with Crippen LogP contribution >= 0.6 is 0 Å². The van der Waals surface area contributed by atoms with Gasteiger partial charge in [-0.1, -0.05) is 0 Å². The standard InChI is InChI=1S/C3H7N2Se.2Na.H2O3S2/c1-5(2)3(4)6;;;1-5(2,3)4/h4H,1-2H3;;;(H2,1,2,3,4)/q;2*+1;/p-2. The number of hydrogen-bond acceptors (Lipinski definition) is 5. The van der Waals surface area contributed by atoms with Gasteiger partial charge in [0.25, 0.3) is 0 Å². The smallest absolute Gasteiger partial charge is 0.780 e. The second-order valence-corrected chi connectivity index (χ2v) is 4.46. The summed E-state index contributed by atoms with van der Waals surface area (Å²) >= 11 is 5.79. The molecule has 0 aromatic carbocycles. The molecule has 0 atom stereocenters. The van der Waals surface area contributed by atoms with E-state index < -0.39 is 9.05 Å². The number of nitrogens with zero attached hydrogens (tertiary/aromatic N) is 1. The fraction of sp³-hybridized carbons (Fsp3) is 0.667. The van der Waals surface area contributed by atoms with Gasteiger partial charge in [0.15, 0.2) is 0 Å². The molecule has 5 nitrogen and oxygen atoms in total. The number of rotatable bonds is 0. The van der Waals surface area contributed by atoms with Crippen molar-refractivity contribution >= 4 is 41.0 Å². The first-order chi connectivity index (χ1) is 4.64. The summed E-state index contributed by atoms with van der Waals surface area (Å²) in [4.78, 5) is 1.69. The number of nitrogens with one attached hydrogen (secondary N) is 1. The van der Waals surface area contributed by atoms with Crippen molar-refractivity contribution in [2.24, 2.45) is 0 Å². The Labute approximate surface area is 136 Å². The topological polar surface area (TPSA) is 90.3 Å². The van der Waals surface area contributed by atoms with E-state index in [-0.39, 0.29) is 59.1 Å². The Morgan fingerprint density at radius 2 is 1.54 bits per heavy atom. The van der Waals surface area contributed by atoms with Gasteiger partial charge in [0.05, 0.1) is 0 Å². The Bertz CT molecular complexity index is 213. The van der Waals surface area contributed by atoms with Crippen LogP contribution in [0.4, 0.5) is 0 Å². The first kappa shape index (κ1) is 24.5. The van der Waals surface area contributed by atoms with Crippen LogP contribution in [-0.2, 0) is 20.2 Å². The van der Waals surface area contributed by atoms with Gasteiger partial charge in [0, 0.05) is 0 Å². The van der Waals surface area contributed by atoms with E-state index in [0.29, 0.717) is 4.73 Å². The number of hydrogen-bond donors (Lipinski definition) is 1. The minimum absolute atomic E-state index is 0. The van der Waals surface area contributed by atoms with Gasteiger partial charge in [-0.3, -0.25) is 4.21 Å². The minimum atomic E-state index is -4.33. The van der Waals surface area contributed by atoms with E-state index in [1.807, 2.05) is 14.1 Å². The fourth-order valence-electron chi connectivity index (χ4n) is 0. The van der Waals surface area contributed by atoms with Gasteiger partial charge in [-0.15, -0.1) is 9.05 Å². The normalized spacial score (nSPS) is 8.00. The van der Waals surface area contributed by atoms with Crippen molar-refractivity contribution in [2.45, 2.75) is 0 Å². The summed E-state index contributed by atoms with van der Waals surface area (Å²) in [7, 11) is -0.697. The Hall–Kier alpha value is 2.28. The zero-order valence-electron chi connectivity index (χ0n) is 7.90. The van der Waals surface area contributed by atoms with Crippen LogP contribution in [0.3, 0.4) is 0 Å². The molecule has 0 fully saturated rings. The maximum atomic E-state index is 8.89. The average Bonchev–Trinajstić information content (AvgIpc) is 1.59. The fourth-order valence-corrected chi connectivity index (χ4v) is 0. The summed E-state index contributed by atoms with van der Waals surface area (Å²) < 4.78 is 27.1. The van der Waals surface area contributed by atoms with Crippen molar-refractivity contribution in [3.05, 3.63) is 0 Å². The zero-order valence-corrected chi connectivity index (χ0v) is 15.2. The van der Waals surface area contributed by atoms with E-state index in [9.17, 15) is 0 Å². The van der Waals surface area contributed by atoms with Gasteiger partial charge in [-0.2, -0.15) is 0 Å². The predicted octanol–water partition coefficient (Wildman–Crippen LogP) is -7.35. The van der Waals surface area contributed by atoms with Crippen LogP contribution in [0.2, 0.25) is 0 Å². The van der Waals surface area contributed by atoms with Crippen LogP contribution in [0.25, 0.3) is 0 Å².